The molecule has 1 amide bonds. The number of carbonyl (C=O) groups is 1. The summed E-state index contributed by atoms with van der Waals surface area (Å²) in [4.78, 5) is 12.4. The van der Waals surface area contributed by atoms with E-state index in [2.05, 4.69) is 5.32 Å². The first-order valence-corrected chi connectivity index (χ1v) is 7.52. The quantitative estimate of drug-likeness (QED) is 0.840. The van der Waals surface area contributed by atoms with Gasteiger partial charge in [0.2, 0.25) is 0 Å². The molecule has 6 heteroatoms. The average Bonchev–Trinajstić information content (AvgIpc) is 2.61. The lowest BCUT2D eigenvalue weighted by molar-refractivity contribution is -0.122. The second-order valence-electron chi connectivity index (χ2n) is 5.02. The fourth-order valence-electron chi connectivity index (χ4n) is 2.11. The van der Waals surface area contributed by atoms with Crippen LogP contribution in [0, 0.1) is 5.82 Å². The number of methoxy groups -OCH3 is 2. The standard InChI is InChI=1S/C18H20FNO4/c1-4-16(24-13-7-5-12(19)6-8-13)18(21)20-15-10-9-14(22-2)11-17(15)23-3/h5-11,16H,4H2,1-3H3,(H,20,21)/t16-/m1/s1. The van der Waals surface area contributed by atoms with Crippen LogP contribution in [0.15, 0.2) is 42.5 Å². The third-order valence-corrected chi connectivity index (χ3v) is 3.42. The molecule has 5 nitrogen and oxygen atoms in total. The highest BCUT2D eigenvalue weighted by Crippen LogP contribution is 2.29. The van der Waals surface area contributed by atoms with Gasteiger partial charge in [-0.3, -0.25) is 4.79 Å². The van der Waals surface area contributed by atoms with E-state index >= 15 is 0 Å². The topological polar surface area (TPSA) is 56.8 Å². The molecule has 0 heterocycles. The van der Waals surface area contributed by atoms with E-state index in [1.807, 2.05) is 6.92 Å². The molecule has 2 rings (SSSR count). The molecule has 0 saturated heterocycles. The van der Waals surface area contributed by atoms with E-state index in [4.69, 9.17) is 14.2 Å². The van der Waals surface area contributed by atoms with Crippen molar-refractivity contribution in [2.45, 2.75) is 19.4 Å². The van der Waals surface area contributed by atoms with Gasteiger partial charge < -0.3 is 19.5 Å². The number of rotatable bonds is 7. The van der Waals surface area contributed by atoms with Crippen LogP contribution in [-0.2, 0) is 4.79 Å². The summed E-state index contributed by atoms with van der Waals surface area (Å²) < 4.78 is 28.9. The van der Waals surface area contributed by atoms with Gasteiger partial charge in [0.05, 0.1) is 19.9 Å². The monoisotopic (exact) mass is 333 g/mol. The molecule has 1 atom stereocenters. The first kappa shape index (κ1) is 17.6. The summed E-state index contributed by atoms with van der Waals surface area (Å²) in [5.41, 5.74) is 0.518. The number of ether oxygens (including phenoxy) is 3. The van der Waals surface area contributed by atoms with Crippen LogP contribution in [0.25, 0.3) is 0 Å². The summed E-state index contributed by atoms with van der Waals surface area (Å²) in [5, 5.41) is 2.78. The molecule has 0 saturated carbocycles. The molecular formula is C18H20FNO4. The predicted molar refractivity (Wildman–Crippen MR) is 89.3 cm³/mol. The molecule has 0 radical (unpaired) electrons. The van der Waals surface area contributed by atoms with Gasteiger partial charge in [-0.05, 0) is 42.8 Å². The summed E-state index contributed by atoms with van der Waals surface area (Å²) >= 11 is 0. The lowest BCUT2D eigenvalue weighted by Crippen LogP contribution is -2.32. The number of amides is 1. The highest BCUT2D eigenvalue weighted by molar-refractivity contribution is 5.95. The van der Waals surface area contributed by atoms with Crippen LogP contribution in [-0.4, -0.2) is 26.2 Å². The normalized spacial score (nSPS) is 11.5. The van der Waals surface area contributed by atoms with Gasteiger partial charge in [-0.2, -0.15) is 0 Å². The van der Waals surface area contributed by atoms with Crippen molar-refractivity contribution < 1.29 is 23.4 Å². The van der Waals surface area contributed by atoms with Crippen molar-refractivity contribution in [3.05, 3.63) is 48.3 Å². The van der Waals surface area contributed by atoms with Crippen LogP contribution >= 0.6 is 0 Å². The zero-order valence-corrected chi connectivity index (χ0v) is 13.8. The van der Waals surface area contributed by atoms with Crippen molar-refractivity contribution in [3.63, 3.8) is 0 Å². The van der Waals surface area contributed by atoms with Crippen LogP contribution in [0.5, 0.6) is 17.2 Å². The number of hydrogen-bond donors (Lipinski definition) is 1. The third-order valence-electron chi connectivity index (χ3n) is 3.42. The lowest BCUT2D eigenvalue weighted by Gasteiger charge is -2.18. The number of anilines is 1. The summed E-state index contributed by atoms with van der Waals surface area (Å²) in [6.45, 7) is 1.83. The SMILES string of the molecule is CC[C@@H](Oc1ccc(F)cc1)C(=O)Nc1ccc(OC)cc1OC. The molecular weight excluding hydrogens is 313 g/mol. The first-order chi connectivity index (χ1) is 11.6. The van der Waals surface area contributed by atoms with E-state index in [0.717, 1.165) is 0 Å². The van der Waals surface area contributed by atoms with Crippen LogP contribution in [0.2, 0.25) is 0 Å². The molecule has 24 heavy (non-hydrogen) atoms. The van der Waals surface area contributed by atoms with Gasteiger partial charge in [0.25, 0.3) is 5.91 Å². The van der Waals surface area contributed by atoms with Crippen LogP contribution in [0.4, 0.5) is 10.1 Å². The first-order valence-electron chi connectivity index (χ1n) is 7.52. The molecule has 1 N–H and O–H groups in total. The Balaban J connectivity index is 2.10. The van der Waals surface area contributed by atoms with Gasteiger partial charge in [0, 0.05) is 6.07 Å². The highest BCUT2D eigenvalue weighted by atomic mass is 19.1. The van der Waals surface area contributed by atoms with E-state index in [-0.39, 0.29) is 11.7 Å². The Bertz CT molecular complexity index is 688. The van der Waals surface area contributed by atoms with E-state index in [9.17, 15) is 9.18 Å². The summed E-state index contributed by atoms with van der Waals surface area (Å²) in [6.07, 6.45) is -0.246. The molecule has 0 aliphatic heterocycles. The predicted octanol–water partition coefficient (Wildman–Crippen LogP) is 3.64. The maximum Gasteiger partial charge on any atom is 0.265 e. The number of hydrogen-bond acceptors (Lipinski definition) is 4. The molecule has 2 aromatic rings. The zero-order chi connectivity index (χ0) is 17.5. The second kappa shape index (κ2) is 8.19. The molecule has 0 aromatic heterocycles. The summed E-state index contributed by atoms with van der Waals surface area (Å²) in [7, 11) is 3.06. The maximum absolute atomic E-state index is 12.9. The number of halogens is 1. The third kappa shape index (κ3) is 4.38. The largest absolute Gasteiger partial charge is 0.497 e. The Morgan fingerprint density at radius 1 is 1.08 bits per heavy atom. The molecule has 0 fully saturated rings. The molecule has 0 spiro atoms. The molecule has 128 valence electrons. The fraction of sp³-hybridized carbons (Fsp3) is 0.278. The number of nitrogens with one attached hydrogen (secondary N) is 1. The smallest absolute Gasteiger partial charge is 0.265 e. The van der Waals surface area contributed by atoms with Crippen molar-refractivity contribution in [2.75, 3.05) is 19.5 Å². The average molecular weight is 333 g/mol. The van der Waals surface area contributed by atoms with Gasteiger partial charge in [-0.1, -0.05) is 6.92 Å². The second-order valence-corrected chi connectivity index (χ2v) is 5.02. The van der Waals surface area contributed by atoms with Crippen molar-refractivity contribution in [2.24, 2.45) is 0 Å². The fourth-order valence-corrected chi connectivity index (χ4v) is 2.11. The summed E-state index contributed by atoms with van der Waals surface area (Å²) in [5.74, 6) is 0.868. The Labute approximate surface area is 140 Å². The van der Waals surface area contributed by atoms with Crippen molar-refractivity contribution in [1.82, 2.24) is 0 Å². The number of benzene rings is 2. The minimum absolute atomic E-state index is 0.315. The van der Waals surface area contributed by atoms with E-state index < -0.39 is 6.10 Å². The Kier molecular flexibility index (Phi) is 6.01. The maximum atomic E-state index is 12.9. The van der Waals surface area contributed by atoms with Gasteiger partial charge in [0.15, 0.2) is 6.10 Å². The van der Waals surface area contributed by atoms with Crippen LogP contribution in [0.1, 0.15) is 13.3 Å². The molecule has 2 aromatic carbocycles. The van der Waals surface area contributed by atoms with Gasteiger partial charge in [-0.25, -0.2) is 4.39 Å². The zero-order valence-electron chi connectivity index (χ0n) is 13.8. The van der Waals surface area contributed by atoms with Crippen molar-refractivity contribution in [3.8, 4) is 17.2 Å². The van der Waals surface area contributed by atoms with Crippen molar-refractivity contribution in [1.29, 1.82) is 0 Å². The van der Waals surface area contributed by atoms with Gasteiger partial charge in [-0.15, -0.1) is 0 Å². The van der Waals surface area contributed by atoms with E-state index in [1.54, 1.807) is 25.3 Å². The van der Waals surface area contributed by atoms with E-state index in [0.29, 0.717) is 29.4 Å². The number of carbonyl (C=O) groups excluding carboxylic acids is 1. The lowest BCUT2D eigenvalue weighted by atomic mass is 10.2. The van der Waals surface area contributed by atoms with Crippen LogP contribution in [0.3, 0.4) is 0 Å². The molecule has 0 bridgehead atoms. The molecule has 0 aliphatic carbocycles. The van der Waals surface area contributed by atoms with Gasteiger partial charge in [0.1, 0.15) is 23.1 Å². The minimum Gasteiger partial charge on any atom is -0.497 e. The molecule has 0 unspecified atom stereocenters. The summed E-state index contributed by atoms with van der Waals surface area (Å²) in [6, 6.07) is 10.6. The Hall–Kier alpha value is -2.76. The Morgan fingerprint density at radius 2 is 1.75 bits per heavy atom. The van der Waals surface area contributed by atoms with Crippen molar-refractivity contribution >= 4 is 11.6 Å². The van der Waals surface area contributed by atoms with E-state index in [1.165, 1.54) is 31.4 Å². The van der Waals surface area contributed by atoms with Crippen LogP contribution < -0.4 is 19.5 Å². The minimum atomic E-state index is -0.706. The highest BCUT2D eigenvalue weighted by Gasteiger charge is 2.20. The van der Waals surface area contributed by atoms with Gasteiger partial charge >= 0.3 is 0 Å². The molecule has 0 aliphatic rings. The Morgan fingerprint density at radius 3 is 2.33 bits per heavy atom.